The van der Waals surface area contributed by atoms with E-state index >= 15 is 0 Å². The molecule has 0 fully saturated rings. The van der Waals surface area contributed by atoms with Crippen LogP contribution in [0.3, 0.4) is 0 Å². The molecule has 2 heteroatoms. The van der Waals surface area contributed by atoms with Crippen molar-refractivity contribution < 1.29 is 5.11 Å². The summed E-state index contributed by atoms with van der Waals surface area (Å²) >= 11 is 0. The molecule has 2 aromatic carbocycles. The second-order valence-electron chi connectivity index (χ2n) is 4.91. The van der Waals surface area contributed by atoms with Gasteiger partial charge in [-0.1, -0.05) is 60.7 Å². The van der Waals surface area contributed by atoms with Crippen LogP contribution < -0.4 is 5.32 Å². The molecule has 0 aliphatic heterocycles. The van der Waals surface area contributed by atoms with Gasteiger partial charge in [0.2, 0.25) is 0 Å². The minimum absolute atomic E-state index is 0.234. The van der Waals surface area contributed by atoms with E-state index in [1.54, 1.807) is 6.92 Å². The van der Waals surface area contributed by atoms with Crippen molar-refractivity contribution in [2.45, 2.75) is 25.5 Å². The van der Waals surface area contributed by atoms with Crippen LogP contribution in [0.5, 0.6) is 0 Å². The van der Waals surface area contributed by atoms with Crippen LogP contribution >= 0.6 is 0 Å². The zero-order valence-corrected chi connectivity index (χ0v) is 11.3. The quantitative estimate of drug-likeness (QED) is 0.832. The Labute approximate surface area is 115 Å². The summed E-state index contributed by atoms with van der Waals surface area (Å²) in [6.07, 6.45) is 0.597. The van der Waals surface area contributed by atoms with Gasteiger partial charge < -0.3 is 10.4 Å². The molecule has 0 saturated carbocycles. The molecule has 2 rings (SSSR count). The van der Waals surface area contributed by atoms with Crippen molar-refractivity contribution in [3.8, 4) is 0 Å². The Hall–Kier alpha value is -1.64. The van der Waals surface area contributed by atoms with Gasteiger partial charge in [0, 0.05) is 12.6 Å². The maximum atomic E-state index is 9.45. The van der Waals surface area contributed by atoms with Crippen LogP contribution in [0.1, 0.15) is 24.1 Å². The van der Waals surface area contributed by atoms with E-state index in [9.17, 15) is 5.11 Å². The van der Waals surface area contributed by atoms with Crippen molar-refractivity contribution in [3.63, 3.8) is 0 Å². The number of aliphatic hydroxyl groups is 1. The maximum Gasteiger partial charge on any atom is 0.0636 e. The van der Waals surface area contributed by atoms with Crippen molar-refractivity contribution in [3.05, 3.63) is 71.8 Å². The van der Waals surface area contributed by atoms with E-state index < -0.39 is 0 Å². The molecule has 0 spiro atoms. The van der Waals surface area contributed by atoms with E-state index in [2.05, 4.69) is 53.8 Å². The molecule has 0 aromatic heterocycles. The van der Waals surface area contributed by atoms with E-state index in [0.29, 0.717) is 6.54 Å². The molecule has 0 bridgehead atoms. The molecule has 2 aromatic rings. The van der Waals surface area contributed by atoms with Gasteiger partial charge in [0.25, 0.3) is 0 Å². The normalized spacial score (nSPS) is 14.0. The fraction of sp³-hybridized carbons (Fsp3) is 0.294. The lowest BCUT2D eigenvalue weighted by molar-refractivity contribution is 0.186. The first kappa shape index (κ1) is 13.8. The Morgan fingerprint density at radius 2 is 1.53 bits per heavy atom. The lowest BCUT2D eigenvalue weighted by Crippen LogP contribution is -2.30. The lowest BCUT2D eigenvalue weighted by atomic mass is 9.99. The Balaban J connectivity index is 2.10. The van der Waals surface area contributed by atoms with Crippen LogP contribution in [0.4, 0.5) is 0 Å². The van der Waals surface area contributed by atoms with Crippen molar-refractivity contribution in [1.82, 2.24) is 5.32 Å². The standard InChI is InChI=1S/C17H21NO/c1-14(19)13-18-17(16-10-6-3-7-11-16)12-15-8-4-2-5-9-15/h2-11,14,17-19H,12-13H2,1H3/t14-,17-/m0/s1. The topological polar surface area (TPSA) is 32.3 Å². The summed E-state index contributed by atoms with van der Waals surface area (Å²) in [5.41, 5.74) is 2.56. The fourth-order valence-electron chi connectivity index (χ4n) is 2.16. The molecule has 0 saturated heterocycles. The number of nitrogens with one attached hydrogen (secondary N) is 1. The van der Waals surface area contributed by atoms with Crippen LogP contribution in [0.15, 0.2) is 60.7 Å². The smallest absolute Gasteiger partial charge is 0.0636 e. The minimum atomic E-state index is -0.331. The zero-order chi connectivity index (χ0) is 13.5. The first-order valence-electron chi connectivity index (χ1n) is 6.76. The van der Waals surface area contributed by atoms with Crippen molar-refractivity contribution >= 4 is 0 Å². The predicted octanol–water partition coefficient (Wildman–Crippen LogP) is 2.94. The SMILES string of the molecule is C[C@H](O)CN[C@@H](Cc1ccccc1)c1ccccc1. The van der Waals surface area contributed by atoms with Crippen LogP contribution in [0.2, 0.25) is 0 Å². The number of hydrogen-bond acceptors (Lipinski definition) is 2. The summed E-state index contributed by atoms with van der Waals surface area (Å²) in [6, 6.07) is 21.1. The van der Waals surface area contributed by atoms with Crippen molar-refractivity contribution in [2.75, 3.05) is 6.54 Å². The molecule has 0 amide bonds. The third-order valence-corrected chi connectivity index (χ3v) is 3.14. The van der Waals surface area contributed by atoms with Crippen LogP contribution in [-0.2, 0) is 6.42 Å². The Morgan fingerprint density at radius 3 is 2.11 bits per heavy atom. The monoisotopic (exact) mass is 255 g/mol. The second-order valence-corrected chi connectivity index (χ2v) is 4.91. The highest BCUT2D eigenvalue weighted by molar-refractivity contribution is 5.23. The van der Waals surface area contributed by atoms with Gasteiger partial charge in [-0.25, -0.2) is 0 Å². The summed E-state index contributed by atoms with van der Waals surface area (Å²) in [6.45, 7) is 2.41. The van der Waals surface area contributed by atoms with Crippen molar-refractivity contribution in [1.29, 1.82) is 0 Å². The highest BCUT2D eigenvalue weighted by Crippen LogP contribution is 2.18. The highest BCUT2D eigenvalue weighted by Gasteiger charge is 2.12. The summed E-state index contributed by atoms with van der Waals surface area (Å²) in [5.74, 6) is 0. The van der Waals surface area contributed by atoms with Crippen LogP contribution in [0.25, 0.3) is 0 Å². The predicted molar refractivity (Wildman–Crippen MR) is 79.0 cm³/mol. The zero-order valence-electron chi connectivity index (χ0n) is 11.3. The van der Waals surface area contributed by atoms with Gasteiger partial charge in [-0.15, -0.1) is 0 Å². The Bertz CT molecular complexity index is 467. The third kappa shape index (κ3) is 4.51. The number of aliphatic hydroxyl groups excluding tert-OH is 1. The average molecular weight is 255 g/mol. The molecule has 100 valence electrons. The summed E-state index contributed by atoms with van der Waals surface area (Å²) in [5, 5.41) is 12.9. The van der Waals surface area contributed by atoms with E-state index in [1.165, 1.54) is 11.1 Å². The van der Waals surface area contributed by atoms with Gasteiger partial charge in [-0.3, -0.25) is 0 Å². The van der Waals surface area contributed by atoms with E-state index in [-0.39, 0.29) is 12.1 Å². The molecule has 0 unspecified atom stereocenters. The number of benzene rings is 2. The van der Waals surface area contributed by atoms with E-state index in [1.807, 2.05) is 12.1 Å². The second kappa shape index (κ2) is 7.07. The van der Waals surface area contributed by atoms with Gasteiger partial charge in [0.05, 0.1) is 6.10 Å². The molecule has 2 atom stereocenters. The molecule has 0 heterocycles. The van der Waals surface area contributed by atoms with Gasteiger partial charge in [-0.05, 0) is 24.5 Å². The van der Waals surface area contributed by atoms with Gasteiger partial charge >= 0.3 is 0 Å². The van der Waals surface area contributed by atoms with Crippen LogP contribution in [-0.4, -0.2) is 17.8 Å². The van der Waals surface area contributed by atoms with Gasteiger partial charge in [0.15, 0.2) is 0 Å². The third-order valence-electron chi connectivity index (χ3n) is 3.14. The average Bonchev–Trinajstić information content (AvgIpc) is 2.45. The fourth-order valence-corrected chi connectivity index (χ4v) is 2.16. The van der Waals surface area contributed by atoms with Crippen LogP contribution in [0, 0.1) is 0 Å². The highest BCUT2D eigenvalue weighted by atomic mass is 16.3. The number of rotatable bonds is 6. The molecule has 19 heavy (non-hydrogen) atoms. The molecular formula is C17H21NO. The van der Waals surface area contributed by atoms with Crippen molar-refractivity contribution in [2.24, 2.45) is 0 Å². The summed E-state index contributed by atoms with van der Waals surface area (Å²) in [7, 11) is 0. The molecule has 0 aliphatic carbocycles. The molecule has 2 nitrogen and oxygen atoms in total. The molecule has 0 radical (unpaired) electrons. The summed E-state index contributed by atoms with van der Waals surface area (Å²) < 4.78 is 0. The molecule has 0 aliphatic rings. The van der Waals surface area contributed by atoms with E-state index in [4.69, 9.17) is 0 Å². The molecule has 2 N–H and O–H groups in total. The first-order chi connectivity index (χ1) is 9.25. The Morgan fingerprint density at radius 1 is 0.947 bits per heavy atom. The maximum absolute atomic E-state index is 9.45. The lowest BCUT2D eigenvalue weighted by Gasteiger charge is -2.20. The van der Waals surface area contributed by atoms with Gasteiger partial charge in [0.1, 0.15) is 0 Å². The molecular weight excluding hydrogens is 234 g/mol. The largest absolute Gasteiger partial charge is 0.392 e. The summed E-state index contributed by atoms with van der Waals surface area (Å²) in [4.78, 5) is 0. The minimum Gasteiger partial charge on any atom is -0.392 e. The van der Waals surface area contributed by atoms with E-state index in [0.717, 1.165) is 6.42 Å². The number of hydrogen-bond donors (Lipinski definition) is 2. The van der Waals surface area contributed by atoms with Gasteiger partial charge in [-0.2, -0.15) is 0 Å². The Kier molecular flexibility index (Phi) is 5.13. The first-order valence-corrected chi connectivity index (χ1v) is 6.76.